The van der Waals surface area contributed by atoms with Gasteiger partial charge in [-0.1, -0.05) is 27.5 Å². The maximum absolute atomic E-state index is 12.6. The molecular weight excluding hydrogens is 307 g/mol. The number of methoxy groups -OCH3 is 1. The molecule has 0 saturated carbocycles. The van der Waals surface area contributed by atoms with Crippen LogP contribution in [0.15, 0.2) is 6.20 Å². The fourth-order valence-corrected chi connectivity index (χ4v) is 1.99. The van der Waals surface area contributed by atoms with Crippen molar-refractivity contribution < 1.29 is 18.3 Å². The Hall–Kier alpha value is -0.750. The van der Waals surface area contributed by atoms with Gasteiger partial charge in [-0.15, -0.1) is 0 Å². The number of ether oxygens (including phenoxy) is 1. The Morgan fingerprint density at radius 1 is 1.69 bits per heavy atom. The smallest absolute Gasteiger partial charge is 0.339 e. The summed E-state index contributed by atoms with van der Waals surface area (Å²) in [7, 11) is 1.15. The zero-order chi connectivity index (χ0) is 12.3. The first-order valence-corrected chi connectivity index (χ1v) is 5.62. The topological polar surface area (TPSA) is 39.2 Å². The van der Waals surface area contributed by atoms with E-state index < -0.39 is 18.1 Å². The summed E-state index contributed by atoms with van der Waals surface area (Å²) in [6.07, 6.45) is -1.75. The summed E-state index contributed by atoms with van der Waals surface area (Å²) in [5, 5.41) is 0.0377. The molecule has 0 atom stereocenters. The third-order valence-corrected chi connectivity index (χ3v) is 2.74. The van der Waals surface area contributed by atoms with E-state index in [9.17, 15) is 13.6 Å². The van der Waals surface area contributed by atoms with Crippen LogP contribution in [0.5, 0.6) is 0 Å². The Labute approximate surface area is 104 Å². The molecule has 16 heavy (non-hydrogen) atoms. The zero-order valence-corrected chi connectivity index (χ0v) is 10.5. The summed E-state index contributed by atoms with van der Waals surface area (Å²) in [5.41, 5.74) is -0.498. The van der Waals surface area contributed by atoms with Gasteiger partial charge in [-0.2, -0.15) is 0 Å². The highest BCUT2D eigenvalue weighted by molar-refractivity contribution is 9.08. The highest BCUT2D eigenvalue weighted by Gasteiger charge is 2.24. The van der Waals surface area contributed by atoms with Gasteiger partial charge in [0, 0.05) is 17.1 Å². The van der Waals surface area contributed by atoms with Crippen molar-refractivity contribution in [3.05, 3.63) is 28.0 Å². The normalized spacial score (nSPS) is 10.6. The number of rotatable bonds is 3. The van der Waals surface area contributed by atoms with E-state index in [0.717, 1.165) is 13.3 Å². The van der Waals surface area contributed by atoms with Crippen LogP contribution >= 0.6 is 27.5 Å². The molecule has 0 amide bonds. The Morgan fingerprint density at radius 2 is 2.31 bits per heavy atom. The van der Waals surface area contributed by atoms with Gasteiger partial charge in [-0.25, -0.2) is 13.6 Å². The van der Waals surface area contributed by atoms with E-state index >= 15 is 0 Å². The fraction of sp³-hybridized carbons (Fsp3) is 0.333. The summed E-state index contributed by atoms with van der Waals surface area (Å²) in [6, 6.07) is 0. The minimum Gasteiger partial charge on any atom is -0.465 e. The number of pyridine rings is 1. The lowest BCUT2D eigenvalue weighted by Gasteiger charge is -2.11. The predicted molar refractivity (Wildman–Crippen MR) is 58.2 cm³/mol. The number of carbonyl (C=O) groups is 1. The molecule has 0 radical (unpaired) electrons. The van der Waals surface area contributed by atoms with Crippen LogP contribution in [0.3, 0.4) is 0 Å². The second-order valence-corrected chi connectivity index (χ2v) is 3.74. The molecule has 0 unspecified atom stereocenters. The van der Waals surface area contributed by atoms with Gasteiger partial charge in [-0.05, 0) is 0 Å². The van der Waals surface area contributed by atoms with Crippen LogP contribution in [0.25, 0.3) is 0 Å². The summed E-state index contributed by atoms with van der Waals surface area (Å²) in [4.78, 5) is 14.9. The van der Waals surface area contributed by atoms with Crippen LogP contribution in [0.1, 0.15) is 28.0 Å². The van der Waals surface area contributed by atoms with Gasteiger partial charge < -0.3 is 4.74 Å². The molecule has 1 aromatic rings. The van der Waals surface area contributed by atoms with Crippen molar-refractivity contribution in [2.45, 2.75) is 11.8 Å². The van der Waals surface area contributed by atoms with Gasteiger partial charge in [0.1, 0.15) is 5.69 Å². The van der Waals surface area contributed by atoms with Gasteiger partial charge in [0.05, 0.1) is 17.7 Å². The summed E-state index contributed by atoms with van der Waals surface area (Å²) >= 11 is 8.75. The Bertz CT molecular complexity index is 415. The Kier molecular flexibility index (Phi) is 4.61. The van der Waals surface area contributed by atoms with E-state index in [1.165, 1.54) is 0 Å². The number of aromatic nitrogens is 1. The van der Waals surface area contributed by atoms with Crippen molar-refractivity contribution in [2.24, 2.45) is 0 Å². The molecule has 1 heterocycles. The highest BCUT2D eigenvalue weighted by atomic mass is 79.9. The number of hydrogen-bond donors (Lipinski definition) is 0. The molecule has 0 saturated heterocycles. The van der Waals surface area contributed by atoms with Crippen LogP contribution < -0.4 is 0 Å². The third-order valence-electron chi connectivity index (χ3n) is 1.90. The standard InChI is InChI=1S/C9H7BrClF2NO2/c1-16-9(15)6-4(2-10)7(8(12)13)14-3-5(6)11/h3,8H,2H2,1H3. The fourth-order valence-electron chi connectivity index (χ4n) is 1.19. The molecule has 3 nitrogen and oxygen atoms in total. The highest BCUT2D eigenvalue weighted by Crippen LogP contribution is 2.30. The average molecular weight is 315 g/mol. The molecule has 0 N–H and O–H groups in total. The first-order chi connectivity index (χ1) is 7.52. The van der Waals surface area contributed by atoms with E-state index in [2.05, 4.69) is 25.7 Å². The molecule has 0 aromatic carbocycles. The maximum Gasteiger partial charge on any atom is 0.339 e. The number of esters is 1. The second kappa shape index (κ2) is 5.54. The van der Waals surface area contributed by atoms with Gasteiger partial charge in [0.25, 0.3) is 6.43 Å². The molecule has 0 fully saturated rings. The molecule has 7 heteroatoms. The minimum atomic E-state index is -2.77. The molecule has 0 bridgehead atoms. The van der Waals surface area contributed by atoms with E-state index in [-0.39, 0.29) is 21.5 Å². The van der Waals surface area contributed by atoms with Crippen LogP contribution in [0.4, 0.5) is 8.78 Å². The minimum absolute atomic E-state index is 0.00861. The lowest BCUT2D eigenvalue weighted by atomic mass is 10.1. The van der Waals surface area contributed by atoms with Crippen LogP contribution in [-0.2, 0) is 10.1 Å². The van der Waals surface area contributed by atoms with Crippen molar-refractivity contribution in [3.8, 4) is 0 Å². The van der Waals surface area contributed by atoms with Crippen molar-refractivity contribution in [3.63, 3.8) is 0 Å². The lowest BCUT2D eigenvalue weighted by molar-refractivity contribution is 0.0599. The molecule has 1 rings (SSSR count). The van der Waals surface area contributed by atoms with Gasteiger partial charge in [0.15, 0.2) is 0 Å². The van der Waals surface area contributed by atoms with E-state index in [4.69, 9.17) is 11.6 Å². The molecule has 88 valence electrons. The first-order valence-electron chi connectivity index (χ1n) is 4.12. The number of halogens is 4. The van der Waals surface area contributed by atoms with Crippen LogP contribution in [-0.4, -0.2) is 18.1 Å². The summed E-state index contributed by atoms with van der Waals surface area (Å²) in [6.45, 7) is 0. The Morgan fingerprint density at radius 3 is 2.75 bits per heavy atom. The number of nitrogens with zero attached hydrogens (tertiary/aromatic N) is 1. The van der Waals surface area contributed by atoms with Crippen molar-refractivity contribution in [1.82, 2.24) is 4.98 Å². The maximum atomic E-state index is 12.6. The largest absolute Gasteiger partial charge is 0.465 e. The second-order valence-electron chi connectivity index (χ2n) is 2.77. The molecular formula is C9H7BrClF2NO2. The van der Waals surface area contributed by atoms with E-state index in [0.29, 0.717) is 0 Å². The average Bonchev–Trinajstić information content (AvgIpc) is 2.26. The monoisotopic (exact) mass is 313 g/mol. The molecule has 1 aromatic heterocycles. The molecule has 0 spiro atoms. The SMILES string of the molecule is COC(=O)c1c(Cl)cnc(C(F)F)c1CBr. The lowest BCUT2D eigenvalue weighted by Crippen LogP contribution is -2.10. The molecule has 0 aliphatic carbocycles. The third kappa shape index (κ3) is 2.49. The Balaban J connectivity index is 3.44. The van der Waals surface area contributed by atoms with Crippen LogP contribution in [0, 0.1) is 0 Å². The van der Waals surface area contributed by atoms with Crippen LogP contribution in [0.2, 0.25) is 5.02 Å². The summed E-state index contributed by atoms with van der Waals surface area (Å²) < 4.78 is 29.7. The van der Waals surface area contributed by atoms with Crippen molar-refractivity contribution in [1.29, 1.82) is 0 Å². The van der Waals surface area contributed by atoms with Crippen molar-refractivity contribution in [2.75, 3.05) is 7.11 Å². The first kappa shape index (κ1) is 13.3. The zero-order valence-electron chi connectivity index (χ0n) is 8.14. The number of alkyl halides is 3. The summed E-state index contributed by atoms with van der Waals surface area (Å²) in [5.74, 6) is -0.760. The van der Waals surface area contributed by atoms with E-state index in [1.54, 1.807) is 0 Å². The number of hydrogen-bond acceptors (Lipinski definition) is 3. The van der Waals surface area contributed by atoms with Crippen molar-refractivity contribution >= 4 is 33.5 Å². The van der Waals surface area contributed by atoms with E-state index in [1.807, 2.05) is 0 Å². The predicted octanol–water partition coefficient (Wildman–Crippen LogP) is 3.35. The van der Waals surface area contributed by atoms with Gasteiger partial charge in [-0.3, -0.25) is 4.98 Å². The quantitative estimate of drug-likeness (QED) is 0.634. The number of carbonyl (C=O) groups excluding carboxylic acids is 1. The van der Waals surface area contributed by atoms with Gasteiger partial charge in [0.2, 0.25) is 0 Å². The van der Waals surface area contributed by atoms with Gasteiger partial charge >= 0.3 is 5.97 Å². The molecule has 0 aliphatic heterocycles. The molecule has 0 aliphatic rings.